The van der Waals surface area contributed by atoms with Crippen LogP contribution in [0.5, 0.6) is 0 Å². The Morgan fingerprint density at radius 3 is 2.62 bits per heavy atom. The lowest BCUT2D eigenvalue weighted by Gasteiger charge is -1.88. The van der Waals surface area contributed by atoms with E-state index in [4.69, 9.17) is 0 Å². The molecular formula is C7H7S. The van der Waals surface area contributed by atoms with Gasteiger partial charge in [-0.1, -0.05) is 12.1 Å². The molecule has 41 valence electrons. The molecule has 1 radical (unpaired) electrons. The van der Waals surface area contributed by atoms with E-state index in [0.29, 0.717) is 0 Å². The van der Waals surface area contributed by atoms with Crippen LogP contribution in [0.15, 0.2) is 23.1 Å². The number of thiol groups is 1. The highest BCUT2D eigenvalue weighted by atomic mass is 32.1. The molecule has 0 saturated heterocycles. The molecule has 0 atom stereocenters. The molecular weight excluding hydrogens is 116 g/mol. The van der Waals surface area contributed by atoms with E-state index < -0.39 is 0 Å². The third kappa shape index (κ3) is 1.27. The molecule has 0 spiro atoms. The van der Waals surface area contributed by atoms with Gasteiger partial charge in [0.05, 0.1) is 0 Å². The van der Waals surface area contributed by atoms with Gasteiger partial charge in [-0.05, 0) is 24.6 Å². The highest BCUT2D eigenvalue weighted by Gasteiger charge is 1.82. The van der Waals surface area contributed by atoms with Crippen molar-refractivity contribution in [3.63, 3.8) is 0 Å². The van der Waals surface area contributed by atoms with Crippen molar-refractivity contribution in [2.75, 3.05) is 0 Å². The summed E-state index contributed by atoms with van der Waals surface area (Å²) >= 11 is 4.10. The summed E-state index contributed by atoms with van der Waals surface area (Å²) < 4.78 is 0. The fourth-order valence-electron chi connectivity index (χ4n) is 0.569. The van der Waals surface area contributed by atoms with Crippen LogP contribution in [0, 0.1) is 13.0 Å². The van der Waals surface area contributed by atoms with Crippen LogP contribution in [-0.2, 0) is 0 Å². The Labute approximate surface area is 55.0 Å². The molecule has 0 aromatic heterocycles. The second kappa shape index (κ2) is 2.23. The predicted molar refractivity (Wildman–Crippen MR) is 37.3 cm³/mol. The number of hydrogen-bond acceptors (Lipinski definition) is 1. The first-order valence-corrected chi connectivity index (χ1v) is 2.91. The highest BCUT2D eigenvalue weighted by Crippen LogP contribution is 2.05. The number of hydrogen-bond donors (Lipinski definition) is 1. The summed E-state index contributed by atoms with van der Waals surface area (Å²) in [5, 5.41) is 0. The van der Waals surface area contributed by atoms with Crippen molar-refractivity contribution in [2.45, 2.75) is 11.8 Å². The van der Waals surface area contributed by atoms with Gasteiger partial charge < -0.3 is 0 Å². The molecule has 0 bridgehead atoms. The third-order valence-corrected chi connectivity index (χ3v) is 1.19. The molecule has 1 heteroatoms. The topological polar surface area (TPSA) is 0 Å². The van der Waals surface area contributed by atoms with Crippen LogP contribution in [0.2, 0.25) is 0 Å². The third-order valence-electron chi connectivity index (χ3n) is 0.926. The minimum atomic E-state index is 0.907. The van der Waals surface area contributed by atoms with Crippen LogP contribution in [-0.4, -0.2) is 0 Å². The van der Waals surface area contributed by atoms with Gasteiger partial charge >= 0.3 is 0 Å². The molecule has 0 aliphatic carbocycles. The van der Waals surface area contributed by atoms with E-state index in [1.165, 1.54) is 0 Å². The highest BCUT2D eigenvalue weighted by molar-refractivity contribution is 7.80. The maximum absolute atomic E-state index is 4.10. The minimum absolute atomic E-state index is 0.907. The van der Waals surface area contributed by atoms with Gasteiger partial charge in [0.25, 0.3) is 0 Å². The summed E-state index contributed by atoms with van der Waals surface area (Å²) in [6, 6.07) is 8.91. The molecule has 0 heterocycles. The van der Waals surface area contributed by atoms with E-state index >= 15 is 0 Å². The molecule has 0 N–H and O–H groups in total. The normalized spacial score (nSPS) is 9.25. The molecule has 1 rings (SSSR count). The quantitative estimate of drug-likeness (QED) is 0.502. The second-order valence-electron chi connectivity index (χ2n) is 1.72. The summed E-state index contributed by atoms with van der Waals surface area (Å²) in [4.78, 5) is 0.907. The van der Waals surface area contributed by atoms with Gasteiger partial charge in [-0.3, -0.25) is 0 Å². The molecule has 0 fully saturated rings. The van der Waals surface area contributed by atoms with Gasteiger partial charge in [0.2, 0.25) is 0 Å². The maximum atomic E-state index is 4.10. The standard InChI is InChI=1S/C7H7S/c1-6-3-2-4-7(8)5-6/h2-4,8H,1H3. The SMILES string of the molecule is Cc1[c]c(S)ccc1. The summed E-state index contributed by atoms with van der Waals surface area (Å²) in [6.45, 7) is 2.00. The van der Waals surface area contributed by atoms with Crippen molar-refractivity contribution < 1.29 is 0 Å². The van der Waals surface area contributed by atoms with Gasteiger partial charge in [-0.2, -0.15) is 0 Å². The van der Waals surface area contributed by atoms with Crippen molar-refractivity contribution in [1.82, 2.24) is 0 Å². The van der Waals surface area contributed by atoms with Crippen molar-refractivity contribution >= 4 is 12.6 Å². The Morgan fingerprint density at radius 2 is 2.25 bits per heavy atom. The summed E-state index contributed by atoms with van der Waals surface area (Å²) in [6.07, 6.45) is 0. The summed E-state index contributed by atoms with van der Waals surface area (Å²) in [7, 11) is 0. The first-order valence-electron chi connectivity index (χ1n) is 2.47. The van der Waals surface area contributed by atoms with Crippen LogP contribution in [0.3, 0.4) is 0 Å². The smallest absolute Gasteiger partial charge is 0.0122 e. The van der Waals surface area contributed by atoms with E-state index in [1.807, 2.05) is 25.1 Å². The lowest BCUT2D eigenvalue weighted by Crippen LogP contribution is -1.69. The Kier molecular flexibility index (Phi) is 1.59. The fourth-order valence-corrected chi connectivity index (χ4v) is 0.831. The molecule has 0 aliphatic heterocycles. The zero-order valence-corrected chi connectivity index (χ0v) is 5.57. The van der Waals surface area contributed by atoms with Gasteiger partial charge in [-0.15, -0.1) is 12.6 Å². The van der Waals surface area contributed by atoms with E-state index in [1.54, 1.807) is 0 Å². The zero-order valence-electron chi connectivity index (χ0n) is 4.68. The van der Waals surface area contributed by atoms with Crippen LogP contribution in [0.1, 0.15) is 5.56 Å². The van der Waals surface area contributed by atoms with E-state index in [0.717, 1.165) is 10.5 Å². The van der Waals surface area contributed by atoms with E-state index in [-0.39, 0.29) is 0 Å². The van der Waals surface area contributed by atoms with Gasteiger partial charge in [0.1, 0.15) is 0 Å². The summed E-state index contributed by atoms with van der Waals surface area (Å²) in [5.74, 6) is 0. The Balaban J connectivity index is 3.08. The minimum Gasteiger partial charge on any atom is -0.143 e. The van der Waals surface area contributed by atoms with Crippen molar-refractivity contribution in [1.29, 1.82) is 0 Å². The van der Waals surface area contributed by atoms with E-state index in [2.05, 4.69) is 18.7 Å². The van der Waals surface area contributed by atoms with Gasteiger partial charge in [-0.25, -0.2) is 0 Å². The predicted octanol–water partition coefficient (Wildman–Crippen LogP) is 2.08. The number of aryl methyl sites for hydroxylation is 1. The first kappa shape index (κ1) is 5.70. The van der Waals surface area contributed by atoms with Crippen LogP contribution >= 0.6 is 12.6 Å². The molecule has 0 unspecified atom stereocenters. The monoisotopic (exact) mass is 123 g/mol. The van der Waals surface area contributed by atoms with E-state index in [9.17, 15) is 0 Å². The average molecular weight is 123 g/mol. The van der Waals surface area contributed by atoms with Crippen LogP contribution < -0.4 is 0 Å². The summed E-state index contributed by atoms with van der Waals surface area (Å²) in [5.41, 5.74) is 1.14. The fraction of sp³-hybridized carbons (Fsp3) is 0.143. The Bertz CT molecular complexity index is 164. The van der Waals surface area contributed by atoms with Gasteiger partial charge in [0.15, 0.2) is 0 Å². The lowest BCUT2D eigenvalue weighted by molar-refractivity contribution is 1.35. The number of benzene rings is 1. The number of rotatable bonds is 0. The zero-order chi connectivity index (χ0) is 5.98. The van der Waals surface area contributed by atoms with Crippen molar-refractivity contribution in [3.05, 3.63) is 29.8 Å². The molecule has 8 heavy (non-hydrogen) atoms. The molecule has 0 nitrogen and oxygen atoms in total. The molecule has 0 amide bonds. The molecule has 0 aliphatic rings. The molecule has 0 saturated carbocycles. The Hall–Kier alpha value is -0.430. The first-order chi connectivity index (χ1) is 3.79. The van der Waals surface area contributed by atoms with Crippen molar-refractivity contribution in [3.8, 4) is 0 Å². The largest absolute Gasteiger partial charge is 0.143 e. The van der Waals surface area contributed by atoms with Crippen LogP contribution in [0.4, 0.5) is 0 Å². The Morgan fingerprint density at radius 1 is 1.50 bits per heavy atom. The van der Waals surface area contributed by atoms with Crippen LogP contribution in [0.25, 0.3) is 0 Å². The van der Waals surface area contributed by atoms with Crippen molar-refractivity contribution in [2.24, 2.45) is 0 Å². The lowest BCUT2D eigenvalue weighted by atomic mass is 10.2. The second-order valence-corrected chi connectivity index (χ2v) is 2.20. The average Bonchev–Trinajstić information content (AvgIpc) is 1.64. The molecule has 1 aromatic rings. The molecule has 1 aromatic carbocycles. The maximum Gasteiger partial charge on any atom is 0.0122 e. The van der Waals surface area contributed by atoms with Gasteiger partial charge in [0, 0.05) is 4.90 Å².